The Morgan fingerprint density at radius 2 is 1.93 bits per heavy atom. The maximum atomic E-state index is 11.4. The average molecular weight is 213 g/mol. The van der Waals surface area contributed by atoms with Crippen molar-refractivity contribution in [1.29, 1.82) is 0 Å². The van der Waals surface area contributed by atoms with E-state index in [9.17, 15) is 9.59 Å². The lowest BCUT2D eigenvalue weighted by molar-refractivity contribution is -0.125. The Morgan fingerprint density at radius 1 is 1.27 bits per heavy atom. The second kappa shape index (κ2) is 5.70. The molecule has 0 heterocycles. The standard InChI is InChI=1S/C10H19N3O2/c11-8-4-2-1-3-7(8)5-10(15)13-6-9(12)14/h7-8H,1-6,11H2,(H2,12,14)(H,13,15). The molecule has 1 fully saturated rings. The van der Waals surface area contributed by atoms with Crippen molar-refractivity contribution in [3.63, 3.8) is 0 Å². The van der Waals surface area contributed by atoms with Gasteiger partial charge in [-0.05, 0) is 18.8 Å². The molecule has 1 aliphatic carbocycles. The molecule has 2 unspecified atom stereocenters. The zero-order chi connectivity index (χ0) is 11.3. The summed E-state index contributed by atoms with van der Waals surface area (Å²) in [6.45, 7) is -0.0825. The number of carbonyl (C=O) groups is 2. The summed E-state index contributed by atoms with van der Waals surface area (Å²) >= 11 is 0. The van der Waals surface area contributed by atoms with Crippen molar-refractivity contribution in [3.8, 4) is 0 Å². The van der Waals surface area contributed by atoms with Crippen molar-refractivity contribution in [2.24, 2.45) is 17.4 Å². The number of amides is 2. The van der Waals surface area contributed by atoms with Gasteiger partial charge in [-0.3, -0.25) is 9.59 Å². The van der Waals surface area contributed by atoms with Crippen LogP contribution in [0.15, 0.2) is 0 Å². The van der Waals surface area contributed by atoms with Crippen LogP contribution in [-0.2, 0) is 9.59 Å². The molecule has 2 amide bonds. The first kappa shape index (κ1) is 12.0. The number of nitrogens with one attached hydrogen (secondary N) is 1. The van der Waals surface area contributed by atoms with Gasteiger partial charge in [-0.25, -0.2) is 0 Å². The van der Waals surface area contributed by atoms with Crippen molar-refractivity contribution in [2.75, 3.05) is 6.54 Å². The van der Waals surface area contributed by atoms with Gasteiger partial charge in [0.05, 0.1) is 6.54 Å². The molecular formula is C10H19N3O2. The Balaban J connectivity index is 2.26. The van der Waals surface area contributed by atoms with Gasteiger partial charge in [-0.15, -0.1) is 0 Å². The maximum Gasteiger partial charge on any atom is 0.236 e. The number of hydrogen-bond acceptors (Lipinski definition) is 3. The van der Waals surface area contributed by atoms with E-state index in [1.54, 1.807) is 0 Å². The molecule has 5 nitrogen and oxygen atoms in total. The minimum Gasteiger partial charge on any atom is -0.368 e. The molecule has 86 valence electrons. The van der Waals surface area contributed by atoms with Crippen LogP contribution in [0.25, 0.3) is 0 Å². The lowest BCUT2D eigenvalue weighted by atomic mass is 9.83. The molecule has 0 spiro atoms. The summed E-state index contributed by atoms with van der Waals surface area (Å²) in [6, 6.07) is 0.123. The van der Waals surface area contributed by atoms with E-state index in [1.165, 1.54) is 0 Å². The SMILES string of the molecule is NC(=O)CNC(=O)CC1CCCCC1N. The summed E-state index contributed by atoms with van der Waals surface area (Å²) in [5.74, 6) is -0.390. The number of primary amides is 1. The Labute approximate surface area is 89.6 Å². The molecule has 0 radical (unpaired) electrons. The molecule has 15 heavy (non-hydrogen) atoms. The van der Waals surface area contributed by atoms with Crippen LogP contribution < -0.4 is 16.8 Å². The molecule has 1 saturated carbocycles. The molecular weight excluding hydrogens is 194 g/mol. The topological polar surface area (TPSA) is 98.2 Å². The number of carbonyl (C=O) groups excluding carboxylic acids is 2. The second-order valence-corrected chi connectivity index (χ2v) is 4.16. The van der Waals surface area contributed by atoms with Crippen molar-refractivity contribution >= 4 is 11.8 Å². The summed E-state index contributed by atoms with van der Waals surface area (Å²) in [7, 11) is 0. The van der Waals surface area contributed by atoms with Crippen molar-refractivity contribution < 1.29 is 9.59 Å². The van der Waals surface area contributed by atoms with E-state index in [4.69, 9.17) is 11.5 Å². The van der Waals surface area contributed by atoms with Crippen molar-refractivity contribution in [1.82, 2.24) is 5.32 Å². The molecule has 0 aromatic rings. The van der Waals surface area contributed by atoms with Crippen LogP contribution in [0, 0.1) is 5.92 Å². The first-order valence-electron chi connectivity index (χ1n) is 5.40. The summed E-state index contributed by atoms with van der Waals surface area (Å²) in [6.07, 6.45) is 4.70. The molecule has 2 atom stereocenters. The second-order valence-electron chi connectivity index (χ2n) is 4.16. The van der Waals surface area contributed by atoms with Gasteiger partial charge in [0.2, 0.25) is 11.8 Å². The van der Waals surface area contributed by atoms with Gasteiger partial charge in [0.1, 0.15) is 0 Å². The van der Waals surface area contributed by atoms with Crippen LogP contribution in [-0.4, -0.2) is 24.4 Å². The van der Waals surface area contributed by atoms with Crippen LogP contribution in [0.3, 0.4) is 0 Å². The predicted molar refractivity (Wildman–Crippen MR) is 56.8 cm³/mol. The number of hydrogen-bond donors (Lipinski definition) is 3. The van der Waals surface area contributed by atoms with E-state index in [0.29, 0.717) is 6.42 Å². The van der Waals surface area contributed by atoms with Gasteiger partial charge in [0.25, 0.3) is 0 Å². The van der Waals surface area contributed by atoms with Gasteiger partial charge < -0.3 is 16.8 Å². The van der Waals surface area contributed by atoms with Gasteiger partial charge >= 0.3 is 0 Å². The van der Waals surface area contributed by atoms with Gasteiger partial charge in [-0.1, -0.05) is 12.8 Å². The van der Waals surface area contributed by atoms with Crippen molar-refractivity contribution in [3.05, 3.63) is 0 Å². The van der Waals surface area contributed by atoms with Crippen LogP contribution in [0.2, 0.25) is 0 Å². The Kier molecular flexibility index (Phi) is 4.55. The van der Waals surface area contributed by atoms with Crippen LogP contribution in [0.1, 0.15) is 32.1 Å². The summed E-state index contributed by atoms with van der Waals surface area (Å²) < 4.78 is 0. The predicted octanol–water partition coefficient (Wildman–Crippen LogP) is -0.504. The molecule has 0 aromatic heterocycles. The fraction of sp³-hybridized carbons (Fsp3) is 0.800. The van der Waals surface area contributed by atoms with Crippen LogP contribution >= 0.6 is 0 Å². The first-order chi connectivity index (χ1) is 7.09. The molecule has 5 heteroatoms. The highest BCUT2D eigenvalue weighted by Crippen LogP contribution is 2.25. The Hall–Kier alpha value is -1.10. The van der Waals surface area contributed by atoms with Gasteiger partial charge in [0, 0.05) is 12.5 Å². The molecule has 0 aromatic carbocycles. The number of rotatable bonds is 4. The summed E-state index contributed by atoms with van der Waals surface area (Å²) in [5, 5.41) is 2.48. The van der Waals surface area contributed by atoms with E-state index in [1.807, 2.05) is 0 Å². The molecule has 0 saturated heterocycles. The van der Waals surface area contributed by atoms with E-state index in [-0.39, 0.29) is 24.4 Å². The molecule has 1 rings (SSSR count). The van der Waals surface area contributed by atoms with E-state index < -0.39 is 5.91 Å². The normalized spacial score (nSPS) is 25.9. The quantitative estimate of drug-likeness (QED) is 0.587. The van der Waals surface area contributed by atoms with Crippen LogP contribution in [0.5, 0.6) is 0 Å². The smallest absolute Gasteiger partial charge is 0.236 e. The summed E-state index contributed by atoms with van der Waals surface area (Å²) in [5.41, 5.74) is 10.8. The Bertz CT molecular complexity index is 243. The zero-order valence-electron chi connectivity index (χ0n) is 8.87. The number of nitrogens with two attached hydrogens (primary N) is 2. The third-order valence-electron chi connectivity index (χ3n) is 2.88. The van der Waals surface area contributed by atoms with Crippen molar-refractivity contribution in [2.45, 2.75) is 38.1 Å². The minimum atomic E-state index is -0.517. The fourth-order valence-corrected chi connectivity index (χ4v) is 1.99. The Morgan fingerprint density at radius 3 is 2.53 bits per heavy atom. The highest BCUT2D eigenvalue weighted by atomic mass is 16.2. The maximum absolute atomic E-state index is 11.4. The fourth-order valence-electron chi connectivity index (χ4n) is 1.99. The monoisotopic (exact) mass is 213 g/mol. The molecule has 0 aliphatic heterocycles. The molecule has 5 N–H and O–H groups in total. The average Bonchev–Trinajstić information content (AvgIpc) is 2.18. The molecule has 1 aliphatic rings. The third-order valence-corrected chi connectivity index (χ3v) is 2.88. The van der Waals surface area contributed by atoms with Gasteiger partial charge in [-0.2, -0.15) is 0 Å². The highest BCUT2D eigenvalue weighted by Gasteiger charge is 2.23. The first-order valence-corrected chi connectivity index (χ1v) is 5.40. The summed E-state index contributed by atoms with van der Waals surface area (Å²) in [4.78, 5) is 21.8. The van der Waals surface area contributed by atoms with E-state index in [2.05, 4.69) is 5.32 Å². The lowest BCUT2D eigenvalue weighted by Crippen LogP contribution is -2.39. The molecule has 0 bridgehead atoms. The minimum absolute atomic E-state index is 0.0825. The van der Waals surface area contributed by atoms with Gasteiger partial charge in [0.15, 0.2) is 0 Å². The van der Waals surface area contributed by atoms with E-state index >= 15 is 0 Å². The zero-order valence-corrected chi connectivity index (χ0v) is 8.87. The van der Waals surface area contributed by atoms with Crippen LogP contribution in [0.4, 0.5) is 0 Å². The third kappa shape index (κ3) is 4.29. The lowest BCUT2D eigenvalue weighted by Gasteiger charge is -2.27. The highest BCUT2D eigenvalue weighted by molar-refractivity contribution is 5.83. The van der Waals surface area contributed by atoms with E-state index in [0.717, 1.165) is 25.7 Å². The largest absolute Gasteiger partial charge is 0.368 e.